The maximum absolute atomic E-state index is 11.4. The predicted molar refractivity (Wildman–Crippen MR) is 94.5 cm³/mol. The number of carbonyl (C=O) groups is 2. The van der Waals surface area contributed by atoms with E-state index in [1.165, 1.54) is 13.2 Å². The Labute approximate surface area is 150 Å². The molecule has 8 nitrogen and oxygen atoms in total. The zero-order valence-electron chi connectivity index (χ0n) is 16.0. The van der Waals surface area contributed by atoms with Crippen LogP contribution in [0, 0.1) is 0 Å². The fraction of sp³-hybridized carbons (Fsp3) is 0.765. The lowest BCUT2D eigenvalue weighted by Gasteiger charge is -2.19. The summed E-state index contributed by atoms with van der Waals surface area (Å²) in [6.07, 6.45) is 2.69. The van der Waals surface area contributed by atoms with Crippen LogP contribution in [0.3, 0.4) is 0 Å². The molecule has 0 aliphatic carbocycles. The highest BCUT2D eigenvalue weighted by Crippen LogP contribution is 2.05. The Kier molecular flexibility index (Phi) is 12.7. The molecule has 0 aliphatic rings. The molecule has 8 heteroatoms. The molecule has 0 aromatic rings. The van der Waals surface area contributed by atoms with Gasteiger partial charge in [-0.15, -0.1) is 0 Å². The molecule has 0 unspecified atom stereocenters. The number of rotatable bonds is 12. The second-order valence-electron chi connectivity index (χ2n) is 6.34. The molecule has 0 bridgehead atoms. The quantitative estimate of drug-likeness (QED) is 0.318. The van der Waals surface area contributed by atoms with Gasteiger partial charge in [-0.1, -0.05) is 6.08 Å². The van der Waals surface area contributed by atoms with Crippen LogP contribution >= 0.6 is 0 Å². The maximum atomic E-state index is 11.4. The number of amides is 1. The molecular weight excluding hydrogens is 328 g/mol. The van der Waals surface area contributed by atoms with E-state index in [0.717, 1.165) is 6.54 Å². The Morgan fingerprint density at radius 2 is 1.72 bits per heavy atom. The van der Waals surface area contributed by atoms with E-state index in [9.17, 15) is 9.59 Å². The van der Waals surface area contributed by atoms with Crippen molar-refractivity contribution in [3.63, 3.8) is 0 Å². The number of carbonyl (C=O) groups excluding carboxylic acids is 2. The smallest absolute Gasteiger partial charge is 0.407 e. The molecule has 0 aromatic carbocycles. The van der Waals surface area contributed by atoms with Crippen LogP contribution in [0.2, 0.25) is 0 Å². The highest BCUT2D eigenvalue weighted by atomic mass is 16.6. The van der Waals surface area contributed by atoms with E-state index in [1.807, 2.05) is 32.7 Å². The highest BCUT2D eigenvalue weighted by Gasteiger charge is 2.15. The summed E-state index contributed by atoms with van der Waals surface area (Å²) >= 11 is 0. The standard InChI is InChI=1S/C17H32N2O6/c1-17(2,3)25-16(21)18-8-11-23-13-14-24-12-10-19(4)9-6-7-15(20)22-5/h6-7H,8-14H2,1-5H3,(H,18,21)/b7-6+. The lowest BCUT2D eigenvalue weighted by molar-refractivity contribution is -0.134. The average Bonchev–Trinajstić information content (AvgIpc) is 2.51. The second kappa shape index (κ2) is 13.6. The molecule has 0 saturated carbocycles. The van der Waals surface area contributed by atoms with Crippen LogP contribution in [0.1, 0.15) is 20.8 Å². The van der Waals surface area contributed by atoms with E-state index in [2.05, 4.69) is 10.1 Å². The number of hydrogen-bond donors (Lipinski definition) is 1. The van der Waals surface area contributed by atoms with Crippen molar-refractivity contribution in [1.29, 1.82) is 0 Å². The molecule has 1 amide bonds. The molecule has 0 rings (SSSR count). The zero-order valence-corrected chi connectivity index (χ0v) is 16.0. The van der Waals surface area contributed by atoms with E-state index in [0.29, 0.717) is 39.5 Å². The fourth-order valence-electron chi connectivity index (χ4n) is 1.57. The van der Waals surface area contributed by atoms with Crippen LogP contribution in [-0.2, 0) is 23.7 Å². The summed E-state index contributed by atoms with van der Waals surface area (Å²) < 4.78 is 20.4. The van der Waals surface area contributed by atoms with Gasteiger partial charge in [-0.05, 0) is 27.8 Å². The lowest BCUT2D eigenvalue weighted by Crippen LogP contribution is -2.34. The fourth-order valence-corrected chi connectivity index (χ4v) is 1.57. The third kappa shape index (κ3) is 17.0. The van der Waals surface area contributed by atoms with Gasteiger partial charge in [0.2, 0.25) is 0 Å². The van der Waals surface area contributed by atoms with E-state index < -0.39 is 11.7 Å². The molecule has 0 heterocycles. The van der Waals surface area contributed by atoms with E-state index in [4.69, 9.17) is 14.2 Å². The molecule has 0 aliphatic heterocycles. The first-order chi connectivity index (χ1) is 11.7. The topological polar surface area (TPSA) is 86.3 Å². The molecule has 0 spiro atoms. The van der Waals surface area contributed by atoms with Crippen LogP contribution < -0.4 is 5.32 Å². The first kappa shape index (κ1) is 23.4. The molecule has 25 heavy (non-hydrogen) atoms. The predicted octanol–water partition coefficient (Wildman–Crippen LogP) is 1.21. The van der Waals surface area contributed by atoms with Crippen molar-refractivity contribution in [2.45, 2.75) is 26.4 Å². The van der Waals surface area contributed by atoms with E-state index in [-0.39, 0.29) is 5.97 Å². The Balaban J connectivity index is 3.43. The van der Waals surface area contributed by atoms with Gasteiger partial charge in [0.15, 0.2) is 0 Å². The number of nitrogens with one attached hydrogen (secondary N) is 1. The lowest BCUT2D eigenvalue weighted by atomic mass is 10.2. The maximum Gasteiger partial charge on any atom is 0.407 e. The molecule has 0 aromatic heterocycles. The summed E-state index contributed by atoms with van der Waals surface area (Å²) in [4.78, 5) is 24.3. The molecule has 146 valence electrons. The first-order valence-corrected chi connectivity index (χ1v) is 8.30. The van der Waals surface area contributed by atoms with Crippen LogP contribution in [0.5, 0.6) is 0 Å². The summed E-state index contributed by atoms with van der Waals surface area (Å²) in [6, 6.07) is 0. The largest absolute Gasteiger partial charge is 0.466 e. The number of hydrogen-bond acceptors (Lipinski definition) is 7. The molecular formula is C17H32N2O6. The van der Waals surface area contributed by atoms with Crippen LogP contribution in [0.25, 0.3) is 0 Å². The van der Waals surface area contributed by atoms with Gasteiger partial charge in [0.05, 0.1) is 33.5 Å². The number of methoxy groups -OCH3 is 1. The normalized spacial score (nSPS) is 11.8. The summed E-state index contributed by atoms with van der Waals surface area (Å²) in [6.45, 7) is 9.14. The van der Waals surface area contributed by atoms with Gasteiger partial charge in [-0.2, -0.15) is 0 Å². The number of alkyl carbamates (subject to hydrolysis) is 1. The van der Waals surface area contributed by atoms with Gasteiger partial charge in [0.25, 0.3) is 0 Å². The van der Waals surface area contributed by atoms with Crippen molar-refractivity contribution < 1.29 is 28.5 Å². The molecule has 0 saturated heterocycles. The van der Waals surface area contributed by atoms with Crippen molar-refractivity contribution in [1.82, 2.24) is 10.2 Å². The summed E-state index contributed by atoms with van der Waals surface area (Å²) in [5, 5.41) is 2.61. The van der Waals surface area contributed by atoms with Crippen molar-refractivity contribution in [3.05, 3.63) is 12.2 Å². The third-order valence-corrected chi connectivity index (χ3v) is 2.78. The zero-order chi connectivity index (χ0) is 19.1. The van der Waals surface area contributed by atoms with Gasteiger partial charge in [-0.3, -0.25) is 0 Å². The van der Waals surface area contributed by atoms with Crippen LogP contribution in [0.15, 0.2) is 12.2 Å². The molecule has 0 radical (unpaired) electrons. The number of ether oxygens (including phenoxy) is 4. The Morgan fingerprint density at radius 3 is 2.32 bits per heavy atom. The Hall–Kier alpha value is -1.64. The van der Waals surface area contributed by atoms with E-state index in [1.54, 1.807) is 6.08 Å². The molecule has 0 fully saturated rings. The molecule has 0 atom stereocenters. The third-order valence-electron chi connectivity index (χ3n) is 2.78. The summed E-state index contributed by atoms with van der Waals surface area (Å²) in [5.41, 5.74) is -0.499. The van der Waals surface area contributed by atoms with Gasteiger partial charge in [-0.25, -0.2) is 9.59 Å². The summed E-state index contributed by atoms with van der Waals surface area (Å²) in [7, 11) is 3.28. The molecule has 1 N–H and O–H groups in total. The monoisotopic (exact) mass is 360 g/mol. The second-order valence-corrected chi connectivity index (χ2v) is 6.34. The van der Waals surface area contributed by atoms with Gasteiger partial charge in [0, 0.05) is 25.7 Å². The SMILES string of the molecule is COC(=O)/C=C/CN(C)CCOCCOCCNC(=O)OC(C)(C)C. The van der Waals surface area contributed by atoms with Crippen molar-refractivity contribution >= 4 is 12.1 Å². The van der Waals surface area contributed by atoms with Gasteiger partial charge >= 0.3 is 12.1 Å². The minimum Gasteiger partial charge on any atom is -0.466 e. The minimum absolute atomic E-state index is 0.358. The first-order valence-electron chi connectivity index (χ1n) is 8.30. The highest BCUT2D eigenvalue weighted by molar-refractivity contribution is 5.81. The Morgan fingerprint density at radius 1 is 1.08 bits per heavy atom. The minimum atomic E-state index is -0.499. The van der Waals surface area contributed by atoms with Crippen LogP contribution in [0.4, 0.5) is 4.79 Å². The van der Waals surface area contributed by atoms with Crippen molar-refractivity contribution in [2.24, 2.45) is 0 Å². The van der Waals surface area contributed by atoms with Crippen molar-refractivity contribution in [2.75, 3.05) is 60.2 Å². The number of esters is 1. The van der Waals surface area contributed by atoms with Crippen molar-refractivity contribution in [3.8, 4) is 0 Å². The number of likely N-dealkylation sites (N-methyl/N-ethyl adjacent to an activating group) is 1. The average molecular weight is 360 g/mol. The number of nitrogens with zero attached hydrogens (tertiary/aromatic N) is 1. The van der Waals surface area contributed by atoms with Gasteiger partial charge < -0.3 is 29.2 Å². The van der Waals surface area contributed by atoms with Gasteiger partial charge in [0.1, 0.15) is 5.60 Å². The van der Waals surface area contributed by atoms with E-state index >= 15 is 0 Å². The van der Waals surface area contributed by atoms with Crippen LogP contribution in [-0.4, -0.2) is 82.8 Å². The summed E-state index contributed by atoms with van der Waals surface area (Å²) in [5.74, 6) is -0.358. The Bertz CT molecular complexity index is 406.